The SMILES string of the molecule is COc1ccc(O)c(C=NCC(O)c2cccc(C(F)(F)F)c2)c1. The summed E-state index contributed by atoms with van der Waals surface area (Å²) >= 11 is 0. The number of methoxy groups -OCH3 is 1. The number of benzene rings is 2. The maximum atomic E-state index is 12.7. The van der Waals surface area contributed by atoms with Gasteiger partial charge in [-0.3, -0.25) is 4.99 Å². The summed E-state index contributed by atoms with van der Waals surface area (Å²) in [6.07, 6.45) is -4.32. The predicted octanol–water partition coefficient (Wildman–Crippen LogP) is 3.57. The molecule has 0 amide bonds. The minimum atomic E-state index is -4.47. The van der Waals surface area contributed by atoms with Crippen LogP contribution >= 0.6 is 0 Å². The Kier molecular flexibility index (Phi) is 5.46. The molecule has 1 unspecified atom stereocenters. The highest BCUT2D eigenvalue weighted by atomic mass is 19.4. The van der Waals surface area contributed by atoms with E-state index < -0.39 is 17.8 Å². The lowest BCUT2D eigenvalue weighted by atomic mass is 10.1. The van der Waals surface area contributed by atoms with Gasteiger partial charge >= 0.3 is 6.18 Å². The van der Waals surface area contributed by atoms with Crippen LogP contribution in [-0.2, 0) is 6.18 Å². The van der Waals surface area contributed by atoms with Gasteiger partial charge in [-0.2, -0.15) is 13.2 Å². The summed E-state index contributed by atoms with van der Waals surface area (Å²) in [6.45, 7) is -0.141. The number of hydrogen-bond donors (Lipinski definition) is 2. The van der Waals surface area contributed by atoms with E-state index in [1.165, 1.54) is 31.5 Å². The van der Waals surface area contributed by atoms with Gasteiger partial charge in [0, 0.05) is 11.8 Å². The van der Waals surface area contributed by atoms with Crippen LogP contribution in [-0.4, -0.2) is 30.1 Å². The van der Waals surface area contributed by atoms with E-state index >= 15 is 0 Å². The summed E-state index contributed by atoms with van der Waals surface area (Å²) in [5.41, 5.74) is -0.323. The Labute approximate surface area is 136 Å². The van der Waals surface area contributed by atoms with Crippen LogP contribution in [0.4, 0.5) is 13.2 Å². The fourth-order valence-corrected chi connectivity index (χ4v) is 2.04. The summed E-state index contributed by atoms with van der Waals surface area (Å²) in [5, 5.41) is 19.7. The van der Waals surface area contributed by atoms with Crippen molar-refractivity contribution in [2.75, 3.05) is 13.7 Å². The molecule has 0 saturated heterocycles. The lowest BCUT2D eigenvalue weighted by molar-refractivity contribution is -0.137. The molecule has 2 N–H and O–H groups in total. The number of halogens is 3. The number of aliphatic hydroxyl groups is 1. The number of nitrogens with zero attached hydrogens (tertiary/aromatic N) is 1. The van der Waals surface area contributed by atoms with Gasteiger partial charge in [0.25, 0.3) is 0 Å². The van der Waals surface area contributed by atoms with Crippen LogP contribution in [0.15, 0.2) is 47.5 Å². The van der Waals surface area contributed by atoms with E-state index in [2.05, 4.69) is 4.99 Å². The van der Waals surface area contributed by atoms with Crippen LogP contribution in [0.5, 0.6) is 11.5 Å². The standard InChI is InChI=1S/C17H16F3NO3/c1-24-14-5-6-15(22)12(8-14)9-21-10-16(23)11-3-2-4-13(7-11)17(18,19)20/h2-9,16,22-23H,10H2,1H3. The zero-order chi connectivity index (χ0) is 17.7. The first kappa shape index (κ1) is 17.8. The average molecular weight is 339 g/mol. The molecule has 0 radical (unpaired) electrons. The van der Waals surface area contributed by atoms with Crippen molar-refractivity contribution in [3.63, 3.8) is 0 Å². The second-order valence-corrected chi connectivity index (χ2v) is 5.06. The van der Waals surface area contributed by atoms with Crippen LogP contribution in [0.25, 0.3) is 0 Å². The van der Waals surface area contributed by atoms with Crippen LogP contribution in [0.3, 0.4) is 0 Å². The van der Waals surface area contributed by atoms with E-state index in [1.54, 1.807) is 12.1 Å². The molecule has 0 fully saturated rings. The first-order chi connectivity index (χ1) is 11.3. The topological polar surface area (TPSA) is 62.0 Å². The first-order valence-electron chi connectivity index (χ1n) is 7.03. The van der Waals surface area contributed by atoms with E-state index in [0.29, 0.717) is 11.3 Å². The Morgan fingerprint density at radius 3 is 2.62 bits per heavy atom. The molecule has 7 heteroatoms. The van der Waals surface area contributed by atoms with Gasteiger partial charge in [0.2, 0.25) is 0 Å². The molecule has 24 heavy (non-hydrogen) atoms. The number of hydrogen-bond acceptors (Lipinski definition) is 4. The largest absolute Gasteiger partial charge is 0.507 e. The number of phenolic OH excluding ortho intramolecular Hbond substituents is 1. The van der Waals surface area contributed by atoms with Crippen molar-refractivity contribution < 1.29 is 28.1 Å². The lowest BCUT2D eigenvalue weighted by Crippen LogP contribution is -2.08. The number of ether oxygens (including phenoxy) is 1. The van der Waals surface area contributed by atoms with Gasteiger partial charge in [-0.05, 0) is 35.9 Å². The summed E-state index contributed by atoms with van der Waals surface area (Å²) in [7, 11) is 1.48. The molecular formula is C17H16F3NO3. The number of aliphatic imine (C=N–C) groups is 1. The van der Waals surface area contributed by atoms with Gasteiger partial charge < -0.3 is 14.9 Å². The molecule has 2 aromatic carbocycles. The van der Waals surface area contributed by atoms with Gasteiger partial charge in [0.05, 0.1) is 25.3 Å². The minimum Gasteiger partial charge on any atom is -0.507 e. The Balaban J connectivity index is 2.09. The summed E-state index contributed by atoms with van der Waals surface area (Å²) in [5.74, 6) is 0.501. The van der Waals surface area contributed by atoms with E-state index in [1.807, 2.05) is 0 Å². The number of alkyl halides is 3. The molecule has 128 valence electrons. The fourth-order valence-electron chi connectivity index (χ4n) is 2.04. The van der Waals surface area contributed by atoms with Crippen molar-refractivity contribution >= 4 is 6.21 Å². The molecular weight excluding hydrogens is 323 g/mol. The van der Waals surface area contributed by atoms with Crippen LogP contribution in [0, 0.1) is 0 Å². The molecule has 0 aliphatic heterocycles. The van der Waals surface area contributed by atoms with Gasteiger partial charge in [0.15, 0.2) is 0 Å². The first-order valence-corrected chi connectivity index (χ1v) is 7.03. The van der Waals surface area contributed by atoms with E-state index in [4.69, 9.17) is 4.74 Å². The molecule has 2 rings (SSSR count). The minimum absolute atomic E-state index is 0.0203. The van der Waals surface area contributed by atoms with Gasteiger partial charge in [-0.25, -0.2) is 0 Å². The molecule has 4 nitrogen and oxygen atoms in total. The predicted molar refractivity (Wildman–Crippen MR) is 83.5 cm³/mol. The molecule has 1 atom stereocenters. The summed E-state index contributed by atoms with van der Waals surface area (Å²) in [6, 6.07) is 9.03. The molecule has 0 aromatic heterocycles. The van der Waals surface area contributed by atoms with Gasteiger partial charge in [0.1, 0.15) is 11.5 Å². The van der Waals surface area contributed by atoms with E-state index in [0.717, 1.165) is 12.1 Å². The second-order valence-electron chi connectivity index (χ2n) is 5.06. The monoisotopic (exact) mass is 339 g/mol. The highest BCUT2D eigenvalue weighted by Gasteiger charge is 2.30. The molecule has 0 saturated carbocycles. The van der Waals surface area contributed by atoms with Crippen molar-refractivity contribution in [1.29, 1.82) is 0 Å². The zero-order valence-corrected chi connectivity index (χ0v) is 12.8. The molecule has 0 aliphatic carbocycles. The lowest BCUT2D eigenvalue weighted by Gasteiger charge is -2.12. The van der Waals surface area contributed by atoms with Gasteiger partial charge in [-0.1, -0.05) is 12.1 Å². The quantitative estimate of drug-likeness (QED) is 0.819. The van der Waals surface area contributed by atoms with Crippen molar-refractivity contribution in [2.24, 2.45) is 4.99 Å². The summed E-state index contributed by atoms with van der Waals surface area (Å²) in [4.78, 5) is 3.97. The van der Waals surface area contributed by atoms with Crippen molar-refractivity contribution in [1.82, 2.24) is 0 Å². The molecule has 0 heterocycles. The highest BCUT2D eigenvalue weighted by molar-refractivity contribution is 5.84. The zero-order valence-electron chi connectivity index (χ0n) is 12.8. The second kappa shape index (κ2) is 7.35. The molecule has 2 aromatic rings. The van der Waals surface area contributed by atoms with Crippen LogP contribution in [0.2, 0.25) is 0 Å². The smallest absolute Gasteiger partial charge is 0.416 e. The third kappa shape index (κ3) is 4.48. The maximum Gasteiger partial charge on any atom is 0.416 e. The summed E-state index contributed by atoms with van der Waals surface area (Å²) < 4.78 is 43.0. The Morgan fingerprint density at radius 1 is 1.21 bits per heavy atom. The Bertz CT molecular complexity index is 729. The van der Waals surface area contributed by atoms with Crippen molar-refractivity contribution in [3.8, 4) is 11.5 Å². The number of aromatic hydroxyl groups is 1. The number of rotatable bonds is 5. The number of aliphatic hydroxyl groups excluding tert-OH is 1. The third-order valence-electron chi connectivity index (χ3n) is 3.34. The van der Waals surface area contributed by atoms with E-state index in [9.17, 15) is 23.4 Å². The molecule has 0 aliphatic rings. The Hall–Kier alpha value is -2.54. The fraction of sp³-hybridized carbons (Fsp3) is 0.235. The third-order valence-corrected chi connectivity index (χ3v) is 3.34. The average Bonchev–Trinajstić information content (AvgIpc) is 2.55. The maximum absolute atomic E-state index is 12.7. The van der Waals surface area contributed by atoms with Crippen LogP contribution < -0.4 is 4.74 Å². The van der Waals surface area contributed by atoms with Crippen molar-refractivity contribution in [2.45, 2.75) is 12.3 Å². The highest BCUT2D eigenvalue weighted by Crippen LogP contribution is 2.30. The van der Waals surface area contributed by atoms with Crippen molar-refractivity contribution in [3.05, 3.63) is 59.2 Å². The normalized spacial score (nSPS) is 13.2. The Morgan fingerprint density at radius 2 is 1.96 bits per heavy atom. The molecule has 0 spiro atoms. The van der Waals surface area contributed by atoms with E-state index in [-0.39, 0.29) is 17.9 Å². The van der Waals surface area contributed by atoms with Crippen LogP contribution in [0.1, 0.15) is 22.8 Å². The molecule has 0 bridgehead atoms. The van der Waals surface area contributed by atoms with Gasteiger partial charge in [-0.15, -0.1) is 0 Å². The number of phenols is 1.